The summed E-state index contributed by atoms with van der Waals surface area (Å²) in [6, 6.07) is 3.40. The number of hydrogen-bond donors (Lipinski definition) is 1. The monoisotopic (exact) mass is 235 g/mol. The van der Waals surface area contributed by atoms with Crippen molar-refractivity contribution < 1.29 is 9.59 Å². The quantitative estimate of drug-likeness (QED) is 0.804. The van der Waals surface area contributed by atoms with Crippen molar-refractivity contribution in [1.29, 1.82) is 0 Å². The number of aromatic nitrogens is 1. The highest BCUT2D eigenvalue weighted by Gasteiger charge is 2.32. The molecule has 0 spiro atoms. The number of rotatable bonds is 3. The standard InChI is InChI=1S/C12H17N3O2/c1-14-6-2-4-9(14)8-11(16)15-7-3-5-10(15)12(13)17/h2,4,6,10H,3,5,7-8H2,1H3,(H2,13,17). The molecule has 5 heteroatoms. The number of primary amides is 1. The lowest BCUT2D eigenvalue weighted by Gasteiger charge is -2.22. The van der Waals surface area contributed by atoms with Crippen molar-refractivity contribution in [3.05, 3.63) is 24.0 Å². The Bertz CT molecular complexity index is 439. The van der Waals surface area contributed by atoms with E-state index >= 15 is 0 Å². The van der Waals surface area contributed by atoms with Gasteiger partial charge in [0.1, 0.15) is 6.04 Å². The summed E-state index contributed by atoms with van der Waals surface area (Å²) in [7, 11) is 1.90. The average Bonchev–Trinajstić information content (AvgIpc) is 2.87. The van der Waals surface area contributed by atoms with Gasteiger partial charge in [-0.1, -0.05) is 0 Å². The highest BCUT2D eigenvalue weighted by molar-refractivity contribution is 5.87. The number of nitrogens with two attached hydrogens (primary N) is 1. The van der Waals surface area contributed by atoms with Crippen LogP contribution < -0.4 is 5.73 Å². The number of nitrogens with zero attached hydrogens (tertiary/aromatic N) is 2. The first-order valence-electron chi connectivity index (χ1n) is 5.78. The first-order chi connectivity index (χ1) is 8.09. The summed E-state index contributed by atoms with van der Waals surface area (Å²) in [5.74, 6) is -0.421. The molecular weight excluding hydrogens is 218 g/mol. The lowest BCUT2D eigenvalue weighted by Crippen LogP contribution is -2.44. The van der Waals surface area contributed by atoms with Gasteiger partial charge in [0.15, 0.2) is 0 Å². The van der Waals surface area contributed by atoms with Gasteiger partial charge >= 0.3 is 0 Å². The number of carbonyl (C=O) groups excluding carboxylic acids is 2. The van der Waals surface area contributed by atoms with E-state index in [1.54, 1.807) is 4.90 Å². The van der Waals surface area contributed by atoms with E-state index in [1.165, 1.54) is 0 Å². The zero-order valence-electron chi connectivity index (χ0n) is 9.93. The van der Waals surface area contributed by atoms with Gasteiger partial charge < -0.3 is 15.2 Å². The predicted molar refractivity (Wildman–Crippen MR) is 63.0 cm³/mol. The predicted octanol–water partition coefficient (Wildman–Crippen LogP) is 0.0439. The third-order valence-corrected chi connectivity index (χ3v) is 3.29. The van der Waals surface area contributed by atoms with Gasteiger partial charge in [-0.2, -0.15) is 0 Å². The van der Waals surface area contributed by atoms with Crippen LogP contribution in [0.3, 0.4) is 0 Å². The van der Waals surface area contributed by atoms with Crippen LogP contribution in [0, 0.1) is 0 Å². The minimum Gasteiger partial charge on any atom is -0.368 e. The maximum atomic E-state index is 12.1. The molecule has 0 radical (unpaired) electrons. The molecule has 2 N–H and O–H groups in total. The summed E-state index contributed by atoms with van der Waals surface area (Å²) < 4.78 is 1.91. The van der Waals surface area contributed by atoms with Crippen LogP contribution in [0.4, 0.5) is 0 Å². The average molecular weight is 235 g/mol. The Morgan fingerprint density at radius 3 is 2.88 bits per heavy atom. The number of likely N-dealkylation sites (tertiary alicyclic amines) is 1. The Balaban J connectivity index is 2.05. The second-order valence-corrected chi connectivity index (χ2v) is 4.43. The second-order valence-electron chi connectivity index (χ2n) is 4.43. The Kier molecular flexibility index (Phi) is 3.17. The fourth-order valence-electron chi connectivity index (χ4n) is 2.30. The van der Waals surface area contributed by atoms with Crippen LogP contribution in [0.15, 0.2) is 18.3 Å². The molecule has 0 aliphatic carbocycles. The molecule has 1 aliphatic rings. The highest BCUT2D eigenvalue weighted by atomic mass is 16.2. The van der Waals surface area contributed by atoms with Crippen LogP contribution >= 0.6 is 0 Å². The molecule has 1 unspecified atom stereocenters. The number of aryl methyl sites for hydroxylation is 1. The number of carbonyl (C=O) groups is 2. The highest BCUT2D eigenvalue weighted by Crippen LogP contribution is 2.18. The van der Waals surface area contributed by atoms with E-state index in [1.807, 2.05) is 29.9 Å². The molecule has 1 saturated heterocycles. The van der Waals surface area contributed by atoms with Gasteiger partial charge in [0.05, 0.1) is 6.42 Å². The van der Waals surface area contributed by atoms with Crippen molar-refractivity contribution in [2.45, 2.75) is 25.3 Å². The minimum atomic E-state index is -0.414. The van der Waals surface area contributed by atoms with Crippen molar-refractivity contribution in [3.63, 3.8) is 0 Å². The van der Waals surface area contributed by atoms with E-state index in [9.17, 15) is 9.59 Å². The first-order valence-corrected chi connectivity index (χ1v) is 5.78. The summed E-state index contributed by atoms with van der Waals surface area (Å²) in [6.45, 7) is 0.636. The Morgan fingerprint density at radius 2 is 2.29 bits per heavy atom. The molecule has 2 heterocycles. The smallest absolute Gasteiger partial charge is 0.240 e. The third kappa shape index (κ3) is 2.33. The van der Waals surface area contributed by atoms with Gasteiger partial charge in [-0.25, -0.2) is 0 Å². The molecule has 1 aromatic heterocycles. The molecule has 1 fully saturated rings. The van der Waals surface area contributed by atoms with Crippen molar-refractivity contribution in [2.75, 3.05) is 6.54 Å². The van der Waals surface area contributed by atoms with E-state index in [0.717, 1.165) is 12.1 Å². The third-order valence-electron chi connectivity index (χ3n) is 3.29. The summed E-state index contributed by atoms with van der Waals surface area (Å²) >= 11 is 0. The van der Waals surface area contributed by atoms with Gasteiger partial charge in [-0.3, -0.25) is 9.59 Å². The molecule has 2 rings (SSSR count). The van der Waals surface area contributed by atoms with Crippen LogP contribution in [0.1, 0.15) is 18.5 Å². The Morgan fingerprint density at radius 1 is 1.53 bits per heavy atom. The summed E-state index contributed by atoms with van der Waals surface area (Å²) in [5, 5.41) is 0. The van der Waals surface area contributed by atoms with E-state index < -0.39 is 11.9 Å². The first kappa shape index (κ1) is 11.7. The summed E-state index contributed by atoms with van der Waals surface area (Å²) in [6.07, 6.45) is 3.77. The fourth-order valence-corrected chi connectivity index (χ4v) is 2.30. The van der Waals surface area contributed by atoms with Gasteiger partial charge in [0.25, 0.3) is 0 Å². The zero-order valence-corrected chi connectivity index (χ0v) is 9.93. The van der Waals surface area contributed by atoms with Gasteiger partial charge in [-0.15, -0.1) is 0 Å². The molecule has 1 atom stereocenters. The largest absolute Gasteiger partial charge is 0.368 e. The molecule has 1 aliphatic heterocycles. The van der Waals surface area contributed by atoms with E-state index in [4.69, 9.17) is 5.73 Å². The molecule has 2 amide bonds. The topological polar surface area (TPSA) is 68.3 Å². The number of amides is 2. The lowest BCUT2D eigenvalue weighted by atomic mass is 10.2. The SMILES string of the molecule is Cn1cccc1CC(=O)N1CCCC1C(N)=O. The van der Waals surface area contributed by atoms with E-state index in [2.05, 4.69) is 0 Å². The number of hydrogen-bond acceptors (Lipinski definition) is 2. The molecule has 17 heavy (non-hydrogen) atoms. The van der Waals surface area contributed by atoms with Crippen LogP contribution in [0.5, 0.6) is 0 Å². The normalized spacial score (nSPS) is 19.6. The Hall–Kier alpha value is -1.78. The van der Waals surface area contributed by atoms with Crippen molar-refractivity contribution in [3.8, 4) is 0 Å². The van der Waals surface area contributed by atoms with E-state index in [-0.39, 0.29) is 5.91 Å². The molecule has 5 nitrogen and oxygen atoms in total. The Labute approximate surface area is 100 Å². The zero-order chi connectivity index (χ0) is 12.4. The molecule has 0 saturated carbocycles. The van der Waals surface area contributed by atoms with Crippen molar-refractivity contribution in [2.24, 2.45) is 12.8 Å². The van der Waals surface area contributed by atoms with Crippen LogP contribution in [-0.4, -0.2) is 33.9 Å². The summed E-state index contributed by atoms with van der Waals surface area (Å²) in [4.78, 5) is 24.9. The van der Waals surface area contributed by atoms with Crippen molar-refractivity contribution in [1.82, 2.24) is 9.47 Å². The second kappa shape index (κ2) is 4.61. The maximum Gasteiger partial charge on any atom is 0.240 e. The maximum absolute atomic E-state index is 12.1. The molecule has 92 valence electrons. The van der Waals surface area contributed by atoms with Crippen LogP contribution in [0.25, 0.3) is 0 Å². The van der Waals surface area contributed by atoms with Crippen LogP contribution in [-0.2, 0) is 23.1 Å². The summed E-state index contributed by atoms with van der Waals surface area (Å²) in [5.41, 5.74) is 6.24. The fraction of sp³-hybridized carbons (Fsp3) is 0.500. The van der Waals surface area contributed by atoms with Gasteiger partial charge in [-0.05, 0) is 25.0 Å². The lowest BCUT2D eigenvalue weighted by molar-refractivity contribution is -0.136. The molecule has 0 aromatic carbocycles. The molecular formula is C12H17N3O2. The van der Waals surface area contributed by atoms with Crippen molar-refractivity contribution >= 4 is 11.8 Å². The van der Waals surface area contributed by atoms with Gasteiger partial charge in [0.2, 0.25) is 11.8 Å². The van der Waals surface area contributed by atoms with Crippen LogP contribution in [0.2, 0.25) is 0 Å². The minimum absolute atomic E-state index is 0.0203. The van der Waals surface area contributed by atoms with Gasteiger partial charge in [0, 0.05) is 25.5 Å². The van der Waals surface area contributed by atoms with E-state index in [0.29, 0.717) is 19.4 Å². The molecule has 1 aromatic rings. The molecule has 0 bridgehead atoms.